The Morgan fingerprint density at radius 3 is 2.31 bits per heavy atom. The van der Waals surface area contributed by atoms with E-state index in [1.807, 2.05) is 6.92 Å². The number of amides is 2. The first-order chi connectivity index (χ1) is 16.9. The van der Waals surface area contributed by atoms with E-state index in [-0.39, 0.29) is 13.2 Å². The molecule has 0 saturated carbocycles. The fraction of sp³-hybridized carbons (Fsp3) is 0.160. The van der Waals surface area contributed by atoms with Gasteiger partial charge in [0.15, 0.2) is 11.5 Å². The lowest BCUT2D eigenvalue weighted by Gasteiger charge is -2.14. The number of benzene rings is 3. The van der Waals surface area contributed by atoms with E-state index in [4.69, 9.17) is 44.3 Å². The van der Waals surface area contributed by atoms with E-state index in [2.05, 4.69) is 15.8 Å². The zero-order valence-corrected chi connectivity index (χ0v) is 21.0. The Morgan fingerprint density at radius 2 is 1.63 bits per heavy atom. The van der Waals surface area contributed by atoms with E-state index in [0.29, 0.717) is 44.3 Å². The number of nitrogens with one attached hydrogen (secondary N) is 2. The quantitative estimate of drug-likeness (QED) is 0.219. The number of ether oxygens (including phenoxy) is 2. The van der Waals surface area contributed by atoms with Crippen LogP contribution in [-0.4, -0.2) is 24.6 Å². The molecular weight excluding hydrogens is 513 g/mol. The largest absolute Gasteiger partial charge is 0.490 e. The Kier molecular flexibility index (Phi) is 9.78. The van der Waals surface area contributed by atoms with Gasteiger partial charge in [-0.2, -0.15) is 5.10 Å². The number of halogens is 3. The minimum Gasteiger partial charge on any atom is -0.490 e. The van der Waals surface area contributed by atoms with Crippen LogP contribution in [0.1, 0.15) is 23.6 Å². The molecule has 0 aliphatic rings. The van der Waals surface area contributed by atoms with Gasteiger partial charge in [-0.15, -0.1) is 0 Å². The molecule has 7 nitrogen and oxygen atoms in total. The van der Waals surface area contributed by atoms with E-state index in [1.165, 1.54) is 6.21 Å². The summed E-state index contributed by atoms with van der Waals surface area (Å²) >= 11 is 18.2. The van der Waals surface area contributed by atoms with Crippen LogP contribution in [0.5, 0.6) is 11.5 Å². The molecule has 3 rings (SSSR count). The second-order valence-corrected chi connectivity index (χ2v) is 8.39. The monoisotopic (exact) mass is 533 g/mol. The second-order valence-electron chi connectivity index (χ2n) is 7.14. The van der Waals surface area contributed by atoms with E-state index < -0.39 is 11.8 Å². The molecule has 0 heterocycles. The van der Waals surface area contributed by atoms with Crippen LogP contribution in [0.2, 0.25) is 15.1 Å². The summed E-state index contributed by atoms with van der Waals surface area (Å²) in [7, 11) is 0. The fourth-order valence-corrected chi connectivity index (χ4v) is 3.53. The topological polar surface area (TPSA) is 89.0 Å². The zero-order chi connectivity index (χ0) is 25.2. The molecule has 0 aliphatic carbocycles. The normalized spacial score (nSPS) is 10.7. The van der Waals surface area contributed by atoms with Crippen LogP contribution in [0, 0.1) is 0 Å². The summed E-state index contributed by atoms with van der Waals surface area (Å²) in [6, 6.07) is 17.3. The predicted molar refractivity (Wildman–Crippen MR) is 137 cm³/mol. The van der Waals surface area contributed by atoms with Crippen LogP contribution in [-0.2, 0) is 22.7 Å². The summed E-state index contributed by atoms with van der Waals surface area (Å²) in [6.07, 6.45) is 1.39. The van der Waals surface area contributed by atoms with Crippen molar-refractivity contribution in [3.63, 3.8) is 0 Å². The highest BCUT2D eigenvalue weighted by Gasteiger charge is 2.13. The molecule has 35 heavy (non-hydrogen) atoms. The third-order valence-corrected chi connectivity index (χ3v) is 5.61. The molecule has 0 spiro atoms. The first-order valence-electron chi connectivity index (χ1n) is 10.6. The Morgan fingerprint density at radius 1 is 0.914 bits per heavy atom. The molecule has 2 amide bonds. The Hall–Kier alpha value is -3.26. The molecule has 10 heteroatoms. The number of hydrogen-bond donors (Lipinski definition) is 2. The average Bonchev–Trinajstić information content (AvgIpc) is 2.84. The highest BCUT2D eigenvalue weighted by molar-refractivity contribution is 6.36. The van der Waals surface area contributed by atoms with Gasteiger partial charge in [0, 0.05) is 27.2 Å². The molecule has 182 valence electrons. The van der Waals surface area contributed by atoms with Crippen molar-refractivity contribution in [2.45, 2.75) is 20.1 Å². The summed E-state index contributed by atoms with van der Waals surface area (Å²) in [6.45, 7) is 2.60. The van der Waals surface area contributed by atoms with Crippen LogP contribution in [0.3, 0.4) is 0 Å². The minimum absolute atomic E-state index is 0.160. The maximum atomic E-state index is 12.0. The Balaban J connectivity index is 1.57. The van der Waals surface area contributed by atoms with E-state index in [9.17, 15) is 9.59 Å². The van der Waals surface area contributed by atoms with Crippen molar-refractivity contribution in [3.05, 3.63) is 92.4 Å². The lowest BCUT2D eigenvalue weighted by molar-refractivity contribution is -0.139. The van der Waals surface area contributed by atoms with Gasteiger partial charge in [-0.3, -0.25) is 9.59 Å². The number of rotatable bonds is 9. The summed E-state index contributed by atoms with van der Waals surface area (Å²) < 4.78 is 11.5. The Labute approximate surface area is 218 Å². The van der Waals surface area contributed by atoms with Crippen molar-refractivity contribution in [1.82, 2.24) is 10.7 Å². The molecule has 0 fully saturated rings. The van der Waals surface area contributed by atoms with Gasteiger partial charge in [0.25, 0.3) is 0 Å². The van der Waals surface area contributed by atoms with Crippen molar-refractivity contribution < 1.29 is 19.1 Å². The molecule has 0 unspecified atom stereocenters. The van der Waals surface area contributed by atoms with Crippen LogP contribution in [0.15, 0.2) is 65.8 Å². The molecule has 0 atom stereocenters. The van der Waals surface area contributed by atoms with Gasteiger partial charge in [0.2, 0.25) is 0 Å². The number of carbonyl (C=O) groups excluding carboxylic acids is 2. The number of nitrogens with zero attached hydrogens (tertiary/aromatic N) is 1. The van der Waals surface area contributed by atoms with Crippen molar-refractivity contribution in [2.75, 3.05) is 6.61 Å². The molecule has 3 aromatic rings. The highest BCUT2D eigenvalue weighted by atomic mass is 35.5. The first kappa shape index (κ1) is 26.3. The van der Waals surface area contributed by atoms with Gasteiger partial charge < -0.3 is 14.8 Å². The van der Waals surface area contributed by atoms with Crippen molar-refractivity contribution in [1.29, 1.82) is 0 Å². The van der Waals surface area contributed by atoms with Crippen molar-refractivity contribution >= 4 is 52.8 Å². The molecule has 0 saturated heterocycles. The standard InChI is InChI=1S/C25H22Cl3N3O4/c1-2-34-23-12-17(8-11-22(23)35-15-19-20(27)4-3-5-21(19)28)14-30-31-25(33)24(32)29-13-16-6-9-18(26)10-7-16/h3-12,14H,2,13,15H2,1H3,(H,29,32)(H,31,33)/b30-14-. The van der Waals surface area contributed by atoms with E-state index >= 15 is 0 Å². The number of hydrazone groups is 1. The maximum Gasteiger partial charge on any atom is 0.329 e. The highest BCUT2D eigenvalue weighted by Crippen LogP contribution is 2.31. The van der Waals surface area contributed by atoms with Gasteiger partial charge in [-0.1, -0.05) is 53.0 Å². The molecular formula is C25H22Cl3N3O4. The smallest absolute Gasteiger partial charge is 0.329 e. The molecule has 0 radical (unpaired) electrons. The molecule has 2 N–H and O–H groups in total. The third-order valence-electron chi connectivity index (χ3n) is 4.65. The average molecular weight is 535 g/mol. The third kappa shape index (κ3) is 7.89. The number of hydrogen-bond acceptors (Lipinski definition) is 5. The van der Waals surface area contributed by atoms with Gasteiger partial charge in [0.1, 0.15) is 6.61 Å². The fourth-order valence-electron chi connectivity index (χ4n) is 2.89. The van der Waals surface area contributed by atoms with Crippen LogP contribution < -0.4 is 20.2 Å². The number of carbonyl (C=O) groups is 2. The predicted octanol–water partition coefficient (Wildman–Crippen LogP) is 5.39. The van der Waals surface area contributed by atoms with E-state index in [1.54, 1.807) is 60.7 Å². The lowest BCUT2D eigenvalue weighted by Crippen LogP contribution is -2.37. The van der Waals surface area contributed by atoms with Crippen molar-refractivity contribution in [3.8, 4) is 11.5 Å². The van der Waals surface area contributed by atoms with Crippen LogP contribution in [0.25, 0.3) is 0 Å². The van der Waals surface area contributed by atoms with Crippen molar-refractivity contribution in [2.24, 2.45) is 5.10 Å². The maximum absolute atomic E-state index is 12.0. The second kappa shape index (κ2) is 13.0. The summed E-state index contributed by atoms with van der Waals surface area (Å²) in [5.41, 5.74) is 4.30. The molecule has 0 aliphatic heterocycles. The van der Waals surface area contributed by atoms with Crippen LogP contribution in [0.4, 0.5) is 0 Å². The van der Waals surface area contributed by atoms with Crippen LogP contribution >= 0.6 is 34.8 Å². The molecule has 0 bridgehead atoms. The first-order valence-corrected chi connectivity index (χ1v) is 11.7. The summed E-state index contributed by atoms with van der Waals surface area (Å²) in [5, 5.41) is 7.96. The zero-order valence-electron chi connectivity index (χ0n) is 18.7. The summed E-state index contributed by atoms with van der Waals surface area (Å²) in [4.78, 5) is 24.0. The minimum atomic E-state index is -0.892. The van der Waals surface area contributed by atoms with Gasteiger partial charge >= 0.3 is 11.8 Å². The molecule has 0 aromatic heterocycles. The SMILES string of the molecule is CCOc1cc(/C=N\NC(=O)C(=O)NCc2ccc(Cl)cc2)ccc1OCc1c(Cl)cccc1Cl. The van der Waals surface area contributed by atoms with Gasteiger partial charge in [-0.25, -0.2) is 5.43 Å². The summed E-state index contributed by atoms with van der Waals surface area (Å²) in [5.74, 6) is -0.733. The van der Waals surface area contributed by atoms with E-state index in [0.717, 1.165) is 5.56 Å². The van der Waals surface area contributed by atoms with Gasteiger partial charge in [-0.05, 0) is 60.5 Å². The Bertz CT molecular complexity index is 1200. The van der Waals surface area contributed by atoms with Gasteiger partial charge in [0.05, 0.1) is 12.8 Å². The lowest BCUT2D eigenvalue weighted by atomic mass is 10.2. The molecule has 3 aromatic carbocycles.